The molecule has 64 valence electrons. The Morgan fingerprint density at radius 3 is 2.45 bits per heavy atom. The Balaban J connectivity index is 3.45. The summed E-state index contributed by atoms with van der Waals surface area (Å²) in [5.74, 6) is -0.807. The lowest BCUT2D eigenvalue weighted by molar-refractivity contribution is -0.137. The number of aliphatic carboxylic acids is 1. The number of carbonyl (C=O) groups is 1. The molecule has 0 fully saturated rings. The van der Waals surface area contributed by atoms with E-state index in [4.69, 9.17) is 10.3 Å². The lowest BCUT2D eigenvalue weighted by Crippen LogP contribution is -1.99. The number of carboxylic acid groups (broad SMARTS) is 1. The van der Waals surface area contributed by atoms with Crippen LogP contribution in [0.5, 0.6) is 0 Å². The standard InChI is InChI=1S/C7H13NO3/c1-2-6(8-11)4-3-5-7(9)10/h11H,2-5H2,1H3,(H,9,10). The molecule has 0 atom stereocenters. The van der Waals surface area contributed by atoms with Crippen molar-refractivity contribution in [2.24, 2.45) is 5.16 Å². The first-order chi connectivity index (χ1) is 5.20. The van der Waals surface area contributed by atoms with Gasteiger partial charge >= 0.3 is 5.97 Å². The lowest BCUT2D eigenvalue weighted by Gasteiger charge is -1.97. The zero-order chi connectivity index (χ0) is 8.69. The summed E-state index contributed by atoms with van der Waals surface area (Å²) >= 11 is 0. The van der Waals surface area contributed by atoms with Gasteiger partial charge in [0.15, 0.2) is 0 Å². The van der Waals surface area contributed by atoms with Crippen LogP contribution in [0.25, 0.3) is 0 Å². The van der Waals surface area contributed by atoms with E-state index in [1.807, 2.05) is 6.92 Å². The fourth-order valence-electron chi connectivity index (χ4n) is 0.741. The smallest absolute Gasteiger partial charge is 0.303 e. The molecule has 0 heterocycles. The van der Waals surface area contributed by atoms with Crippen LogP contribution in [0.2, 0.25) is 0 Å². The molecule has 4 nitrogen and oxygen atoms in total. The number of carboxylic acids is 1. The van der Waals surface area contributed by atoms with Gasteiger partial charge in [0.1, 0.15) is 0 Å². The van der Waals surface area contributed by atoms with E-state index >= 15 is 0 Å². The molecule has 0 aromatic heterocycles. The minimum atomic E-state index is -0.807. The molecule has 0 saturated heterocycles. The number of oxime groups is 1. The van der Waals surface area contributed by atoms with Gasteiger partial charge < -0.3 is 10.3 Å². The van der Waals surface area contributed by atoms with E-state index < -0.39 is 5.97 Å². The maximum absolute atomic E-state index is 10.1. The van der Waals surface area contributed by atoms with E-state index in [1.165, 1.54) is 0 Å². The number of hydrogen-bond donors (Lipinski definition) is 2. The first kappa shape index (κ1) is 9.94. The first-order valence-corrected chi connectivity index (χ1v) is 3.62. The zero-order valence-corrected chi connectivity index (χ0v) is 6.58. The molecule has 0 rings (SSSR count). The Kier molecular flexibility index (Phi) is 5.15. The van der Waals surface area contributed by atoms with E-state index in [2.05, 4.69) is 5.16 Å². The second kappa shape index (κ2) is 5.70. The van der Waals surface area contributed by atoms with Crippen LogP contribution in [0.15, 0.2) is 5.16 Å². The molecule has 0 aliphatic heterocycles. The molecule has 0 amide bonds. The molecule has 0 radical (unpaired) electrons. The summed E-state index contributed by atoms with van der Waals surface area (Å²) in [4.78, 5) is 10.1. The normalized spacial score (nSPS) is 11.5. The molecular weight excluding hydrogens is 146 g/mol. The molecule has 0 aromatic rings. The number of rotatable bonds is 5. The highest BCUT2D eigenvalue weighted by molar-refractivity contribution is 5.83. The Hall–Kier alpha value is -1.06. The molecule has 4 heteroatoms. The minimum absolute atomic E-state index is 0.138. The molecule has 0 spiro atoms. The molecular formula is C7H13NO3. The fourth-order valence-corrected chi connectivity index (χ4v) is 0.741. The zero-order valence-electron chi connectivity index (χ0n) is 6.58. The highest BCUT2D eigenvalue weighted by Crippen LogP contribution is 2.00. The third kappa shape index (κ3) is 5.39. The Morgan fingerprint density at radius 2 is 2.09 bits per heavy atom. The van der Waals surface area contributed by atoms with Crippen LogP contribution in [0.1, 0.15) is 32.6 Å². The second-order valence-corrected chi connectivity index (χ2v) is 2.27. The van der Waals surface area contributed by atoms with Crippen molar-refractivity contribution in [2.75, 3.05) is 0 Å². The van der Waals surface area contributed by atoms with Gasteiger partial charge in [-0.2, -0.15) is 0 Å². The van der Waals surface area contributed by atoms with Gasteiger partial charge in [-0.3, -0.25) is 4.79 Å². The second-order valence-electron chi connectivity index (χ2n) is 2.27. The number of nitrogens with zero attached hydrogens (tertiary/aromatic N) is 1. The fraction of sp³-hybridized carbons (Fsp3) is 0.714. The Labute approximate surface area is 65.5 Å². The molecule has 0 aromatic carbocycles. The van der Waals surface area contributed by atoms with Crippen molar-refractivity contribution in [2.45, 2.75) is 32.6 Å². The molecule has 0 aliphatic rings. The van der Waals surface area contributed by atoms with E-state index in [-0.39, 0.29) is 6.42 Å². The van der Waals surface area contributed by atoms with Gasteiger partial charge in [0.2, 0.25) is 0 Å². The highest BCUT2D eigenvalue weighted by Gasteiger charge is 2.00. The van der Waals surface area contributed by atoms with Gasteiger partial charge in [0, 0.05) is 6.42 Å². The molecule has 0 saturated carbocycles. The predicted molar refractivity (Wildman–Crippen MR) is 41.0 cm³/mol. The van der Waals surface area contributed by atoms with Gasteiger partial charge in [0.25, 0.3) is 0 Å². The van der Waals surface area contributed by atoms with Gasteiger partial charge in [-0.1, -0.05) is 12.1 Å². The van der Waals surface area contributed by atoms with Gasteiger partial charge in [0.05, 0.1) is 5.71 Å². The van der Waals surface area contributed by atoms with Crippen LogP contribution < -0.4 is 0 Å². The average Bonchev–Trinajstić information content (AvgIpc) is 1.98. The first-order valence-electron chi connectivity index (χ1n) is 3.62. The minimum Gasteiger partial charge on any atom is -0.481 e. The molecule has 11 heavy (non-hydrogen) atoms. The van der Waals surface area contributed by atoms with Crippen molar-refractivity contribution >= 4 is 11.7 Å². The summed E-state index contributed by atoms with van der Waals surface area (Å²) in [7, 11) is 0. The summed E-state index contributed by atoms with van der Waals surface area (Å²) in [6.07, 6.45) is 1.93. The third-order valence-corrected chi connectivity index (χ3v) is 1.41. The predicted octanol–water partition coefficient (Wildman–Crippen LogP) is 1.48. The maximum Gasteiger partial charge on any atom is 0.303 e. The Morgan fingerprint density at radius 1 is 1.45 bits per heavy atom. The average molecular weight is 159 g/mol. The van der Waals surface area contributed by atoms with Crippen LogP contribution in [0.3, 0.4) is 0 Å². The van der Waals surface area contributed by atoms with Crippen LogP contribution in [-0.4, -0.2) is 22.0 Å². The van der Waals surface area contributed by atoms with E-state index in [9.17, 15) is 4.79 Å². The summed E-state index contributed by atoms with van der Waals surface area (Å²) in [6, 6.07) is 0. The van der Waals surface area contributed by atoms with Crippen molar-refractivity contribution in [1.29, 1.82) is 0 Å². The molecule has 0 aliphatic carbocycles. The van der Waals surface area contributed by atoms with E-state index in [1.54, 1.807) is 0 Å². The quantitative estimate of drug-likeness (QED) is 0.362. The van der Waals surface area contributed by atoms with Crippen LogP contribution in [-0.2, 0) is 4.79 Å². The van der Waals surface area contributed by atoms with Crippen molar-refractivity contribution in [3.8, 4) is 0 Å². The molecule has 0 bridgehead atoms. The Bertz CT molecular complexity index is 154. The molecule has 2 N–H and O–H groups in total. The largest absolute Gasteiger partial charge is 0.481 e. The third-order valence-electron chi connectivity index (χ3n) is 1.41. The van der Waals surface area contributed by atoms with Crippen LogP contribution in [0.4, 0.5) is 0 Å². The number of hydrogen-bond acceptors (Lipinski definition) is 3. The summed E-state index contributed by atoms with van der Waals surface area (Å²) in [5.41, 5.74) is 0.659. The summed E-state index contributed by atoms with van der Waals surface area (Å²) < 4.78 is 0. The maximum atomic E-state index is 10.1. The van der Waals surface area contributed by atoms with Crippen LogP contribution >= 0.6 is 0 Å². The van der Waals surface area contributed by atoms with Crippen molar-refractivity contribution in [3.05, 3.63) is 0 Å². The summed E-state index contributed by atoms with van der Waals surface area (Å²) in [6.45, 7) is 1.87. The van der Waals surface area contributed by atoms with E-state index in [0.29, 0.717) is 25.0 Å². The highest BCUT2D eigenvalue weighted by atomic mass is 16.4. The van der Waals surface area contributed by atoms with Gasteiger partial charge in [-0.05, 0) is 19.3 Å². The lowest BCUT2D eigenvalue weighted by atomic mass is 10.1. The van der Waals surface area contributed by atoms with E-state index in [0.717, 1.165) is 0 Å². The van der Waals surface area contributed by atoms with Crippen molar-refractivity contribution in [3.63, 3.8) is 0 Å². The van der Waals surface area contributed by atoms with Crippen molar-refractivity contribution in [1.82, 2.24) is 0 Å². The van der Waals surface area contributed by atoms with Crippen molar-refractivity contribution < 1.29 is 15.1 Å². The van der Waals surface area contributed by atoms with Gasteiger partial charge in [-0.15, -0.1) is 0 Å². The SMILES string of the molecule is CCC(CCCC(=O)O)=NO. The van der Waals surface area contributed by atoms with Gasteiger partial charge in [-0.25, -0.2) is 0 Å². The summed E-state index contributed by atoms with van der Waals surface area (Å²) in [5, 5.41) is 19.6. The topological polar surface area (TPSA) is 69.9 Å². The monoisotopic (exact) mass is 159 g/mol. The van der Waals surface area contributed by atoms with Crippen LogP contribution in [0, 0.1) is 0 Å². The molecule has 0 unspecified atom stereocenters.